The molecular formula is C12H15Cl2N3. The molecule has 3 rings (SSSR count). The molecule has 0 atom stereocenters. The summed E-state index contributed by atoms with van der Waals surface area (Å²) in [5, 5.41) is 4.50. The second kappa shape index (κ2) is 6.05. The van der Waals surface area contributed by atoms with Crippen molar-refractivity contribution >= 4 is 41.4 Å². The fourth-order valence-corrected chi connectivity index (χ4v) is 2.00. The Kier molecular flexibility index (Phi) is 5.00. The highest BCUT2D eigenvalue weighted by molar-refractivity contribution is 5.85. The predicted octanol–water partition coefficient (Wildman–Crippen LogP) is 2.78. The summed E-state index contributed by atoms with van der Waals surface area (Å²) >= 11 is 0. The van der Waals surface area contributed by atoms with Gasteiger partial charge in [0, 0.05) is 24.3 Å². The van der Waals surface area contributed by atoms with Gasteiger partial charge >= 0.3 is 0 Å². The molecule has 1 aliphatic heterocycles. The molecule has 0 aliphatic carbocycles. The van der Waals surface area contributed by atoms with Crippen LogP contribution < -0.4 is 5.32 Å². The van der Waals surface area contributed by atoms with Crippen LogP contribution in [0.5, 0.6) is 0 Å². The van der Waals surface area contributed by atoms with Gasteiger partial charge in [-0.15, -0.1) is 24.8 Å². The molecule has 92 valence electrons. The monoisotopic (exact) mass is 271 g/mol. The minimum atomic E-state index is 0. The molecule has 0 saturated heterocycles. The minimum absolute atomic E-state index is 0. The Labute approximate surface area is 113 Å². The van der Waals surface area contributed by atoms with Gasteiger partial charge in [-0.2, -0.15) is 0 Å². The van der Waals surface area contributed by atoms with E-state index in [1.54, 1.807) is 0 Å². The van der Waals surface area contributed by atoms with Crippen molar-refractivity contribution < 1.29 is 0 Å². The summed E-state index contributed by atoms with van der Waals surface area (Å²) in [6.07, 6.45) is 7.23. The molecule has 0 fully saturated rings. The normalized spacial score (nSPS) is 14.7. The van der Waals surface area contributed by atoms with Gasteiger partial charge in [0.1, 0.15) is 5.65 Å². The zero-order chi connectivity index (χ0) is 10.1. The number of nitrogens with zero attached hydrogens (tertiary/aromatic N) is 1. The fourth-order valence-electron chi connectivity index (χ4n) is 2.00. The summed E-state index contributed by atoms with van der Waals surface area (Å²) in [6, 6.07) is 4.27. The highest BCUT2D eigenvalue weighted by Gasteiger charge is 2.06. The van der Waals surface area contributed by atoms with Crippen LogP contribution in [0.2, 0.25) is 0 Å². The highest BCUT2D eigenvalue weighted by Crippen LogP contribution is 2.21. The number of aromatic amines is 1. The van der Waals surface area contributed by atoms with Crippen LogP contribution in [0.1, 0.15) is 12.0 Å². The molecule has 0 bridgehead atoms. The second-order valence-electron chi connectivity index (χ2n) is 3.82. The lowest BCUT2D eigenvalue weighted by Crippen LogP contribution is -2.20. The molecule has 5 heteroatoms. The van der Waals surface area contributed by atoms with E-state index in [0.29, 0.717) is 0 Å². The summed E-state index contributed by atoms with van der Waals surface area (Å²) < 4.78 is 0. The van der Waals surface area contributed by atoms with Crippen LogP contribution in [-0.2, 0) is 0 Å². The van der Waals surface area contributed by atoms with Crippen LogP contribution in [-0.4, -0.2) is 23.1 Å². The molecule has 0 spiro atoms. The van der Waals surface area contributed by atoms with Crippen molar-refractivity contribution in [2.75, 3.05) is 13.1 Å². The van der Waals surface area contributed by atoms with Crippen molar-refractivity contribution in [1.29, 1.82) is 0 Å². The molecule has 0 unspecified atom stereocenters. The van der Waals surface area contributed by atoms with E-state index in [0.717, 1.165) is 25.2 Å². The lowest BCUT2D eigenvalue weighted by molar-refractivity contribution is 0.738. The molecule has 0 radical (unpaired) electrons. The van der Waals surface area contributed by atoms with Crippen LogP contribution in [0, 0.1) is 0 Å². The Hall–Kier alpha value is -1.03. The molecule has 3 nitrogen and oxygen atoms in total. The summed E-state index contributed by atoms with van der Waals surface area (Å²) in [5.41, 5.74) is 3.63. The number of rotatable bonds is 1. The quantitative estimate of drug-likeness (QED) is 0.838. The average Bonchev–Trinajstić information content (AvgIpc) is 2.77. The molecule has 1 aliphatic rings. The van der Waals surface area contributed by atoms with Crippen molar-refractivity contribution in [3.8, 4) is 0 Å². The van der Waals surface area contributed by atoms with Crippen LogP contribution in [0.4, 0.5) is 0 Å². The SMILES string of the molecule is C1=C(c2cnc3[nH]ccc3c2)CCNC1.Cl.Cl. The van der Waals surface area contributed by atoms with Crippen molar-refractivity contribution in [2.24, 2.45) is 0 Å². The van der Waals surface area contributed by atoms with Gasteiger partial charge in [-0.25, -0.2) is 4.98 Å². The van der Waals surface area contributed by atoms with E-state index in [-0.39, 0.29) is 24.8 Å². The molecule has 2 N–H and O–H groups in total. The van der Waals surface area contributed by atoms with Gasteiger partial charge in [0.2, 0.25) is 0 Å². The van der Waals surface area contributed by atoms with Gasteiger partial charge in [0.25, 0.3) is 0 Å². The second-order valence-corrected chi connectivity index (χ2v) is 3.82. The molecule has 17 heavy (non-hydrogen) atoms. The number of nitrogens with one attached hydrogen (secondary N) is 2. The van der Waals surface area contributed by atoms with Crippen LogP contribution >= 0.6 is 24.8 Å². The maximum Gasteiger partial charge on any atom is 0.137 e. The van der Waals surface area contributed by atoms with E-state index >= 15 is 0 Å². The zero-order valence-corrected chi connectivity index (χ0v) is 10.9. The third-order valence-electron chi connectivity index (χ3n) is 2.83. The molecule has 2 aromatic heterocycles. The molecule has 0 amide bonds. The molecular weight excluding hydrogens is 257 g/mol. The first kappa shape index (κ1) is 14.0. The molecule has 0 saturated carbocycles. The highest BCUT2D eigenvalue weighted by atomic mass is 35.5. The van der Waals surface area contributed by atoms with Crippen LogP contribution in [0.3, 0.4) is 0 Å². The molecule has 0 aromatic carbocycles. The third-order valence-corrected chi connectivity index (χ3v) is 2.83. The maximum absolute atomic E-state index is 4.40. The number of pyridine rings is 1. The first-order valence-electron chi connectivity index (χ1n) is 5.27. The third kappa shape index (κ3) is 2.80. The number of fused-ring (bicyclic) bond motifs is 1. The Morgan fingerprint density at radius 2 is 2.12 bits per heavy atom. The maximum atomic E-state index is 4.40. The van der Waals surface area contributed by atoms with Gasteiger partial charge in [0.15, 0.2) is 0 Å². The van der Waals surface area contributed by atoms with Gasteiger partial charge in [-0.05, 0) is 36.2 Å². The van der Waals surface area contributed by atoms with Crippen molar-refractivity contribution in [3.63, 3.8) is 0 Å². The first-order valence-corrected chi connectivity index (χ1v) is 5.27. The average molecular weight is 272 g/mol. The van der Waals surface area contributed by atoms with Crippen molar-refractivity contribution in [3.05, 3.63) is 36.2 Å². The number of H-pyrrole nitrogens is 1. The van der Waals surface area contributed by atoms with Gasteiger partial charge < -0.3 is 10.3 Å². The van der Waals surface area contributed by atoms with Gasteiger partial charge in [-0.1, -0.05) is 6.08 Å². The molecule has 3 heterocycles. The lowest BCUT2D eigenvalue weighted by atomic mass is 10.0. The van der Waals surface area contributed by atoms with Crippen molar-refractivity contribution in [2.45, 2.75) is 6.42 Å². The zero-order valence-electron chi connectivity index (χ0n) is 9.27. The lowest BCUT2D eigenvalue weighted by Gasteiger charge is -2.13. The Morgan fingerprint density at radius 3 is 2.88 bits per heavy atom. The number of aromatic nitrogens is 2. The Bertz CT molecular complexity index is 519. The number of hydrogen-bond donors (Lipinski definition) is 2. The van der Waals surface area contributed by atoms with Gasteiger partial charge in [0.05, 0.1) is 0 Å². The van der Waals surface area contributed by atoms with Crippen LogP contribution in [0.15, 0.2) is 30.6 Å². The summed E-state index contributed by atoms with van der Waals surface area (Å²) in [7, 11) is 0. The Balaban J connectivity index is 0.000000722. The fraction of sp³-hybridized carbons (Fsp3) is 0.250. The topological polar surface area (TPSA) is 40.7 Å². The standard InChI is InChI=1S/C12H13N3.2ClH/c1-4-13-5-2-9(1)11-7-10-3-6-14-12(10)15-8-11;;/h1,3,6-8,13H,2,4-5H2,(H,14,15);2*1H. The summed E-state index contributed by atoms with van der Waals surface area (Å²) in [6.45, 7) is 2.04. The summed E-state index contributed by atoms with van der Waals surface area (Å²) in [4.78, 5) is 7.51. The summed E-state index contributed by atoms with van der Waals surface area (Å²) in [5.74, 6) is 0. The number of halogens is 2. The van der Waals surface area contributed by atoms with Gasteiger partial charge in [-0.3, -0.25) is 0 Å². The van der Waals surface area contributed by atoms with E-state index in [4.69, 9.17) is 0 Å². The Morgan fingerprint density at radius 1 is 1.24 bits per heavy atom. The number of hydrogen-bond acceptors (Lipinski definition) is 2. The largest absolute Gasteiger partial charge is 0.346 e. The smallest absolute Gasteiger partial charge is 0.137 e. The minimum Gasteiger partial charge on any atom is -0.346 e. The van der Waals surface area contributed by atoms with Crippen molar-refractivity contribution in [1.82, 2.24) is 15.3 Å². The molecule has 2 aromatic rings. The first-order chi connectivity index (χ1) is 7.43. The van der Waals surface area contributed by atoms with E-state index in [1.807, 2.05) is 12.4 Å². The predicted molar refractivity (Wildman–Crippen MR) is 76.1 cm³/mol. The van der Waals surface area contributed by atoms with E-state index < -0.39 is 0 Å². The van der Waals surface area contributed by atoms with E-state index in [9.17, 15) is 0 Å². The van der Waals surface area contributed by atoms with E-state index in [2.05, 4.69) is 33.5 Å². The van der Waals surface area contributed by atoms with E-state index in [1.165, 1.54) is 16.5 Å². The van der Waals surface area contributed by atoms with Crippen LogP contribution in [0.25, 0.3) is 16.6 Å².